The summed E-state index contributed by atoms with van der Waals surface area (Å²) in [6, 6.07) is 14.5. The van der Waals surface area contributed by atoms with Crippen LogP contribution < -0.4 is 4.74 Å². The first-order valence-electron chi connectivity index (χ1n) is 11.0. The van der Waals surface area contributed by atoms with Crippen LogP contribution in [0, 0.1) is 0 Å². The van der Waals surface area contributed by atoms with Gasteiger partial charge >= 0.3 is 7.82 Å². The summed E-state index contributed by atoms with van der Waals surface area (Å²) in [6.45, 7) is 1.94. The van der Waals surface area contributed by atoms with Crippen LogP contribution in [0.4, 0.5) is 0 Å². The molecule has 3 unspecified atom stereocenters. The molecule has 0 N–H and O–H groups in total. The second-order valence-corrected chi connectivity index (χ2v) is 11.2. The van der Waals surface area contributed by atoms with Gasteiger partial charge in [0.1, 0.15) is 18.5 Å². The van der Waals surface area contributed by atoms with Crippen LogP contribution in [0.5, 0.6) is 5.75 Å². The summed E-state index contributed by atoms with van der Waals surface area (Å²) in [4.78, 5) is 23.4. The molecule has 3 atom stereocenters. The van der Waals surface area contributed by atoms with Crippen molar-refractivity contribution in [3.8, 4) is 5.75 Å². The molecule has 3 rings (SSSR count). The van der Waals surface area contributed by atoms with E-state index in [-0.39, 0.29) is 29.2 Å². The largest absolute Gasteiger partial charge is 0.491 e. The smallest absolute Gasteiger partial charge is 0.476 e. The summed E-state index contributed by atoms with van der Waals surface area (Å²) in [5, 5.41) is 0.136. The minimum absolute atomic E-state index is 0.00804. The predicted octanol–water partition coefficient (Wildman–Crippen LogP) is 5.77. The number of ether oxygens (including phenoxy) is 2. The maximum absolute atomic E-state index is 12.4. The Morgan fingerprint density at radius 3 is 2.40 bits per heavy atom. The first kappa shape index (κ1) is 27.9. The minimum atomic E-state index is -3.75. The molecule has 1 fully saturated rings. The third-order valence-corrected chi connectivity index (χ3v) is 8.01. The highest BCUT2D eigenvalue weighted by molar-refractivity contribution is 8.15. The first-order valence-corrected chi connectivity index (χ1v) is 13.7. The maximum Gasteiger partial charge on any atom is 0.476 e. The number of phosphoric acid groups is 1. The lowest BCUT2D eigenvalue weighted by molar-refractivity contribution is -0.142. The van der Waals surface area contributed by atoms with E-state index in [1.807, 2.05) is 25.1 Å². The molecular weight excluding hydrogens is 515 g/mol. The molecule has 0 aromatic heterocycles. The number of carbonyl (C=O) groups excluding carboxylic acids is 2. The van der Waals surface area contributed by atoms with Crippen LogP contribution in [0.15, 0.2) is 48.5 Å². The van der Waals surface area contributed by atoms with E-state index in [9.17, 15) is 14.2 Å². The number of carbonyl (C=O) groups is 2. The molecule has 2 aromatic carbocycles. The molecular formula is C24H28ClO8PS. The van der Waals surface area contributed by atoms with Crippen LogP contribution in [0.25, 0.3) is 0 Å². The van der Waals surface area contributed by atoms with E-state index in [0.29, 0.717) is 23.6 Å². The average Bonchev–Trinajstić information content (AvgIpc) is 3.17. The van der Waals surface area contributed by atoms with E-state index in [1.165, 1.54) is 14.2 Å². The van der Waals surface area contributed by atoms with Gasteiger partial charge in [-0.25, -0.2) is 4.57 Å². The Labute approximate surface area is 214 Å². The van der Waals surface area contributed by atoms with Gasteiger partial charge in [0.15, 0.2) is 17.2 Å². The van der Waals surface area contributed by atoms with Crippen molar-refractivity contribution in [3.63, 3.8) is 0 Å². The van der Waals surface area contributed by atoms with Crippen molar-refractivity contribution in [2.75, 3.05) is 20.8 Å². The SMILES string of the molecule is CCC(OC(COc1ccc(CC2SC(=O)CC2=O)cc1)c1cccc(Cl)c1)OP(=O)(OC)OC. The Bertz CT molecular complexity index is 1060. The molecule has 2 aromatic rings. The highest BCUT2D eigenvalue weighted by Crippen LogP contribution is 2.49. The summed E-state index contributed by atoms with van der Waals surface area (Å²) in [7, 11) is -1.29. The maximum atomic E-state index is 12.4. The molecule has 0 spiro atoms. The van der Waals surface area contributed by atoms with E-state index in [4.69, 9.17) is 34.6 Å². The monoisotopic (exact) mass is 542 g/mol. The lowest BCUT2D eigenvalue weighted by atomic mass is 10.1. The quantitative estimate of drug-likeness (QED) is 0.177. The number of hydrogen-bond acceptors (Lipinski definition) is 9. The van der Waals surface area contributed by atoms with E-state index < -0.39 is 20.2 Å². The van der Waals surface area contributed by atoms with Gasteiger partial charge in [-0.2, -0.15) is 0 Å². The van der Waals surface area contributed by atoms with E-state index in [1.54, 1.807) is 30.3 Å². The summed E-state index contributed by atoms with van der Waals surface area (Å²) in [6.07, 6.45) is -0.603. The molecule has 0 radical (unpaired) electrons. The first-order chi connectivity index (χ1) is 16.7. The van der Waals surface area contributed by atoms with Crippen molar-refractivity contribution in [1.29, 1.82) is 0 Å². The summed E-state index contributed by atoms with van der Waals surface area (Å²) in [5.74, 6) is 0.570. The van der Waals surface area contributed by atoms with Crippen LogP contribution in [-0.4, -0.2) is 43.3 Å². The number of hydrogen-bond donors (Lipinski definition) is 0. The van der Waals surface area contributed by atoms with Crippen molar-refractivity contribution in [2.45, 2.75) is 43.8 Å². The molecule has 8 nitrogen and oxygen atoms in total. The van der Waals surface area contributed by atoms with Crippen molar-refractivity contribution >= 4 is 42.1 Å². The van der Waals surface area contributed by atoms with Gasteiger partial charge in [0, 0.05) is 19.2 Å². The fraction of sp³-hybridized carbons (Fsp3) is 0.417. The van der Waals surface area contributed by atoms with Crippen LogP contribution in [0.2, 0.25) is 5.02 Å². The molecule has 0 bridgehead atoms. The Morgan fingerprint density at radius 1 is 1.11 bits per heavy atom. The van der Waals surface area contributed by atoms with Crippen molar-refractivity contribution in [3.05, 3.63) is 64.7 Å². The van der Waals surface area contributed by atoms with Gasteiger partial charge in [-0.1, -0.05) is 54.6 Å². The standard InChI is InChI=1S/C24H28ClO8PS/c1-4-24(33-34(28,29-2)30-3)32-21(17-6-5-7-18(25)13-17)15-31-19-10-8-16(9-11-19)12-22-20(26)14-23(27)35-22/h5-11,13,21-22,24H,4,12,14-15H2,1-3H3. The Balaban J connectivity index is 1.68. The Kier molecular flexibility index (Phi) is 10.4. The molecule has 1 saturated heterocycles. The minimum Gasteiger partial charge on any atom is -0.491 e. The molecule has 0 saturated carbocycles. The van der Waals surface area contributed by atoms with Crippen molar-refractivity contribution in [2.24, 2.45) is 0 Å². The van der Waals surface area contributed by atoms with E-state index in [0.717, 1.165) is 22.9 Å². The van der Waals surface area contributed by atoms with Gasteiger partial charge in [-0.05, 0) is 48.2 Å². The van der Waals surface area contributed by atoms with Gasteiger partial charge in [0.2, 0.25) is 0 Å². The fourth-order valence-corrected chi connectivity index (χ4v) is 5.43. The zero-order chi connectivity index (χ0) is 25.4. The normalized spacial score (nSPS) is 18.0. The second kappa shape index (κ2) is 13.0. The zero-order valence-electron chi connectivity index (χ0n) is 19.7. The van der Waals surface area contributed by atoms with Crippen LogP contribution >= 0.6 is 31.2 Å². The average molecular weight is 543 g/mol. The molecule has 1 heterocycles. The molecule has 1 aliphatic heterocycles. The number of benzene rings is 2. The van der Waals surface area contributed by atoms with E-state index >= 15 is 0 Å². The highest BCUT2D eigenvalue weighted by Gasteiger charge is 2.32. The molecule has 1 aliphatic rings. The second-order valence-electron chi connectivity index (χ2n) is 7.72. The lowest BCUT2D eigenvalue weighted by Crippen LogP contribution is -2.23. The van der Waals surface area contributed by atoms with Crippen molar-refractivity contribution in [1.82, 2.24) is 0 Å². The molecule has 0 amide bonds. The van der Waals surface area contributed by atoms with Gasteiger partial charge < -0.3 is 9.47 Å². The van der Waals surface area contributed by atoms with Crippen LogP contribution in [-0.2, 0) is 38.9 Å². The van der Waals surface area contributed by atoms with Gasteiger partial charge in [-0.3, -0.25) is 23.2 Å². The van der Waals surface area contributed by atoms with E-state index in [2.05, 4.69) is 0 Å². The Morgan fingerprint density at radius 2 is 1.83 bits per heavy atom. The predicted molar refractivity (Wildman–Crippen MR) is 134 cm³/mol. The molecule has 0 aliphatic carbocycles. The number of thioether (sulfide) groups is 1. The highest BCUT2D eigenvalue weighted by atomic mass is 35.5. The molecule has 11 heteroatoms. The third-order valence-electron chi connectivity index (χ3n) is 5.26. The summed E-state index contributed by atoms with van der Waals surface area (Å²) < 4.78 is 39.7. The summed E-state index contributed by atoms with van der Waals surface area (Å²) in [5.41, 5.74) is 1.69. The lowest BCUT2D eigenvalue weighted by Gasteiger charge is -2.26. The topological polar surface area (TPSA) is 97.4 Å². The number of halogens is 1. The number of phosphoric ester groups is 1. The number of ketones is 1. The van der Waals surface area contributed by atoms with Crippen molar-refractivity contribution < 1.29 is 37.2 Å². The third kappa shape index (κ3) is 8.15. The molecule has 190 valence electrons. The number of Topliss-reactive ketones (excluding diaryl/α,β-unsaturated/α-hetero) is 1. The van der Waals surface area contributed by atoms with Crippen LogP contribution in [0.1, 0.15) is 37.0 Å². The summed E-state index contributed by atoms with van der Waals surface area (Å²) >= 11 is 7.28. The number of rotatable bonds is 13. The van der Waals surface area contributed by atoms with Gasteiger partial charge in [-0.15, -0.1) is 0 Å². The molecule has 35 heavy (non-hydrogen) atoms. The van der Waals surface area contributed by atoms with Gasteiger partial charge in [0.05, 0.1) is 11.7 Å². The Hall–Kier alpha value is -1.71. The fourth-order valence-electron chi connectivity index (χ4n) is 3.39. The van der Waals surface area contributed by atoms with Crippen LogP contribution in [0.3, 0.4) is 0 Å². The van der Waals surface area contributed by atoms with Gasteiger partial charge in [0.25, 0.3) is 0 Å². The zero-order valence-corrected chi connectivity index (χ0v) is 22.1.